The van der Waals surface area contributed by atoms with Crippen molar-refractivity contribution < 1.29 is 13.2 Å². The highest BCUT2D eigenvalue weighted by molar-refractivity contribution is 9.11. The highest BCUT2D eigenvalue weighted by atomic mass is 79.9. The molecule has 1 N–H and O–H groups in total. The van der Waals surface area contributed by atoms with Gasteiger partial charge in [-0.2, -0.15) is 18.4 Å². The molecule has 1 heterocycles. The zero-order chi connectivity index (χ0) is 14.0. The maximum Gasteiger partial charge on any atom is 0.416 e. The summed E-state index contributed by atoms with van der Waals surface area (Å²) in [6.07, 6.45) is -4.48. The lowest BCUT2D eigenvalue weighted by Gasteiger charge is -2.09. The van der Waals surface area contributed by atoms with Gasteiger partial charge >= 0.3 is 6.18 Å². The van der Waals surface area contributed by atoms with Crippen molar-refractivity contribution in [2.24, 2.45) is 0 Å². The Hall–Kier alpha value is -1.66. The minimum absolute atomic E-state index is 0.110. The van der Waals surface area contributed by atoms with Gasteiger partial charge in [0.05, 0.1) is 16.8 Å². The molecule has 1 aromatic carbocycles. The van der Waals surface area contributed by atoms with Gasteiger partial charge in [0, 0.05) is 0 Å². The van der Waals surface area contributed by atoms with E-state index in [0.29, 0.717) is 9.05 Å². The Bertz CT molecular complexity index is 647. The Balaban J connectivity index is 2.34. The molecule has 0 atom stereocenters. The fourth-order valence-corrected chi connectivity index (χ4v) is 2.32. The monoisotopic (exact) mass is 348 g/mol. The fourth-order valence-electron chi connectivity index (χ4n) is 1.29. The lowest BCUT2D eigenvalue weighted by molar-refractivity contribution is -0.137. The molecule has 0 aliphatic heterocycles. The van der Waals surface area contributed by atoms with Crippen LogP contribution in [0.15, 0.2) is 22.1 Å². The number of rotatable bonds is 2. The maximum atomic E-state index is 12.5. The van der Waals surface area contributed by atoms with Gasteiger partial charge in [0.1, 0.15) is 6.07 Å². The highest BCUT2D eigenvalue weighted by Crippen LogP contribution is 2.33. The van der Waals surface area contributed by atoms with Gasteiger partial charge in [0.15, 0.2) is 3.92 Å². The van der Waals surface area contributed by atoms with Crippen LogP contribution in [0.4, 0.5) is 24.0 Å². The van der Waals surface area contributed by atoms with Gasteiger partial charge in [-0.3, -0.25) is 0 Å². The first-order valence-electron chi connectivity index (χ1n) is 4.77. The van der Waals surface area contributed by atoms with E-state index in [9.17, 15) is 13.2 Å². The minimum atomic E-state index is -4.48. The molecule has 0 aliphatic carbocycles. The van der Waals surface area contributed by atoms with E-state index in [1.165, 1.54) is 6.07 Å². The number of hydrogen-bond acceptors (Lipinski definition) is 5. The lowest BCUT2D eigenvalue weighted by atomic mass is 10.1. The van der Waals surface area contributed by atoms with Gasteiger partial charge < -0.3 is 5.32 Å². The predicted molar refractivity (Wildman–Crippen MR) is 67.1 cm³/mol. The van der Waals surface area contributed by atoms with Crippen molar-refractivity contribution in [2.75, 3.05) is 5.32 Å². The van der Waals surface area contributed by atoms with Crippen LogP contribution in [0.5, 0.6) is 0 Å². The smallest absolute Gasteiger partial charge is 0.329 e. The standard InChI is InChI=1S/C10H4BrF3N4S/c11-8-17-18-9(19-8)16-7-2-1-6(10(12,13)14)3-5(7)4-15/h1-3H,(H,16,18). The zero-order valence-electron chi connectivity index (χ0n) is 8.99. The van der Waals surface area contributed by atoms with Crippen LogP contribution in [0.3, 0.4) is 0 Å². The van der Waals surface area contributed by atoms with E-state index < -0.39 is 11.7 Å². The lowest BCUT2D eigenvalue weighted by Crippen LogP contribution is -2.06. The average Bonchev–Trinajstić information content (AvgIpc) is 2.74. The van der Waals surface area contributed by atoms with Crippen molar-refractivity contribution in [3.05, 3.63) is 33.2 Å². The van der Waals surface area contributed by atoms with Crippen LogP contribution in [0.1, 0.15) is 11.1 Å². The van der Waals surface area contributed by atoms with E-state index >= 15 is 0 Å². The number of halogens is 4. The van der Waals surface area contributed by atoms with E-state index in [0.717, 1.165) is 23.5 Å². The van der Waals surface area contributed by atoms with E-state index in [1.807, 2.05) is 0 Å². The summed E-state index contributed by atoms with van der Waals surface area (Å²) in [6, 6.07) is 4.60. The van der Waals surface area contributed by atoms with Crippen molar-refractivity contribution in [1.29, 1.82) is 5.26 Å². The molecule has 0 radical (unpaired) electrons. The Morgan fingerprint density at radius 2 is 2.05 bits per heavy atom. The Morgan fingerprint density at radius 3 is 2.58 bits per heavy atom. The third-order valence-corrected chi connectivity index (χ3v) is 3.38. The molecule has 0 fully saturated rings. The zero-order valence-corrected chi connectivity index (χ0v) is 11.4. The molecule has 0 unspecified atom stereocenters. The molecule has 1 aromatic heterocycles. The molecule has 9 heteroatoms. The first-order chi connectivity index (χ1) is 8.90. The average molecular weight is 349 g/mol. The number of nitriles is 1. The third kappa shape index (κ3) is 3.21. The summed E-state index contributed by atoms with van der Waals surface area (Å²) < 4.78 is 38.1. The van der Waals surface area contributed by atoms with Gasteiger partial charge in [0.2, 0.25) is 5.13 Å². The van der Waals surface area contributed by atoms with E-state index in [2.05, 4.69) is 31.4 Å². The van der Waals surface area contributed by atoms with Crippen molar-refractivity contribution in [1.82, 2.24) is 10.2 Å². The number of anilines is 2. The minimum Gasteiger partial charge on any atom is -0.329 e. The van der Waals surface area contributed by atoms with Crippen molar-refractivity contribution in [2.45, 2.75) is 6.18 Å². The van der Waals surface area contributed by atoms with Gasteiger partial charge in [-0.1, -0.05) is 11.3 Å². The number of hydrogen-bond donors (Lipinski definition) is 1. The summed E-state index contributed by atoms with van der Waals surface area (Å²) in [5.41, 5.74) is -0.728. The summed E-state index contributed by atoms with van der Waals surface area (Å²) >= 11 is 4.27. The Kier molecular flexibility index (Phi) is 3.73. The van der Waals surface area contributed by atoms with Crippen LogP contribution < -0.4 is 5.32 Å². The molecular weight excluding hydrogens is 345 g/mol. The van der Waals surface area contributed by atoms with Gasteiger partial charge in [-0.15, -0.1) is 10.2 Å². The normalized spacial score (nSPS) is 11.1. The second-order valence-corrected chi connectivity index (χ2v) is 5.61. The summed E-state index contributed by atoms with van der Waals surface area (Å²) in [7, 11) is 0. The number of aromatic nitrogens is 2. The first-order valence-corrected chi connectivity index (χ1v) is 6.38. The predicted octanol–water partition coefficient (Wildman–Crippen LogP) is 3.93. The molecule has 2 aromatic rings. The maximum absolute atomic E-state index is 12.5. The SMILES string of the molecule is N#Cc1cc(C(F)(F)F)ccc1Nc1nnc(Br)s1. The van der Waals surface area contributed by atoms with E-state index in [4.69, 9.17) is 5.26 Å². The molecule has 0 saturated heterocycles. The summed E-state index contributed by atoms with van der Waals surface area (Å²) in [6.45, 7) is 0. The Morgan fingerprint density at radius 1 is 1.32 bits per heavy atom. The Labute approximate surface area is 118 Å². The summed E-state index contributed by atoms with van der Waals surface area (Å²) in [5, 5.41) is 19.4. The number of alkyl halides is 3. The topological polar surface area (TPSA) is 61.6 Å². The largest absolute Gasteiger partial charge is 0.416 e. The molecule has 0 spiro atoms. The van der Waals surface area contributed by atoms with E-state index in [-0.39, 0.29) is 11.3 Å². The highest BCUT2D eigenvalue weighted by Gasteiger charge is 2.31. The van der Waals surface area contributed by atoms with Crippen LogP contribution in [-0.2, 0) is 6.18 Å². The quantitative estimate of drug-likeness (QED) is 0.892. The number of benzene rings is 1. The molecule has 4 nitrogen and oxygen atoms in total. The van der Waals surface area contributed by atoms with Crippen molar-refractivity contribution in [3.63, 3.8) is 0 Å². The molecular formula is C10H4BrF3N4S. The summed E-state index contributed by atoms with van der Waals surface area (Å²) in [4.78, 5) is 0. The molecule has 0 bridgehead atoms. The van der Waals surface area contributed by atoms with Crippen LogP contribution in [0.2, 0.25) is 0 Å². The van der Waals surface area contributed by atoms with Crippen LogP contribution in [0, 0.1) is 11.3 Å². The fraction of sp³-hybridized carbons (Fsp3) is 0.100. The van der Waals surface area contributed by atoms with Crippen molar-refractivity contribution >= 4 is 38.1 Å². The molecule has 0 aliphatic rings. The second kappa shape index (κ2) is 5.14. The number of nitrogens with one attached hydrogen (secondary N) is 1. The first kappa shape index (κ1) is 13.8. The van der Waals surface area contributed by atoms with E-state index in [1.54, 1.807) is 6.07 Å². The number of nitrogens with zero attached hydrogens (tertiary/aromatic N) is 3. The molecule has 0 amide bonds. The van der Waals surface area contributed by atoms with Gasteiger partial charge in [-0.25, -0.2) is 0 Å². The molecule has 2 rings (SSSR count). The van der Waals surface area contributed by atoms with Crippen molar-refractivity contribution in [3.8, 4) is 6.07 Å². The van der Waals surface area contributed by atoms with Gasteiger partial charge in [-0.05, 0) is 34.1 Å². The molecule has 19 heavy (non-hydrogen) atoms. The molecule has 98 valence electrons. The van der Waals surface area contributed by atoms with Crippen LogP contribution >= 0.6 is 27.3 Å². The van der Waals surface area contributed by atoms with Crippen LogP contribution in [0.25, 0.3) is 0 Å². The third-order valence-electron chi connectivity index (χ3n) is 2.11. The summed E-state index contributed by atoms with van der Waals surface area (Å²) in [5.74, 6) is 0. The molecule has 0 saturated carbocycles. The van der Waals surface area contributed by atoms with Crippen LogP contribution in [-0.4, -0.2) is 10.2 Å². The van der Waals surface area contributed by atoms with Gasteiger partial charge in [0.25, 0.3) is 0 Å². The second-order valence-electron chi connectivity index (χ2n) is 3.36.